The highest BCUT2D eigenvalue weighted by Crippen LogP contribution is 2.29. The van der Waals surface area contributed by atoms with Crippen molar-refractivity contribution in [3.8, 4) is 0 Å². The summed E-state index contributed by atoms with van der Waals surface area (Å²) in [6, 6.07) is 0. The molecule has 0 aromatic heterocycles. The Balaban J connectivity index is 2.28. The van der Waals surface area contributed by atoms with Gasteiger partial charge in [-0.15, -0.1) is 0 Å². The summed E-state index contributed by atoms with van der Waals surface area (Å²) >= 11 is 0. The third kappa shape index (κ3) is 4.12. The standard InChI is InChI=1S/C13H27NO/c1-3-13(4-2)15-10-12-8-6-5-7-11(12)9-14/h11-13H,3-10,14H2,1-2H3. The zero-order chi connectivity index (χ0) is 11.1. The van der Waals surface area contributed by atoms with Crippen molar-refractivity contribution in [2.45, 2.75) is 58.5 Å². The van der Waals surface area contributed by atoms with Crippen molar-refractivity contribution < 1.29 is 4.74 Å². The lowest BCUT2D eigenvalue weighted by Crippen LogP contribution is -2.31. The molecule has 1 aliphatic rings. The summed E-state index contributed by atoms with van der Waals surface area (Å²) in [5.41, 5.74) is 5.81. The first-order chi connectivity index (χ1) is 7.31. The Bertz CT molecular complexity index is 157. The maximum Gasteiger partial charge on any atom is 0.0570 e. The molecule has 2 N–H and O–H groups in total. The van der Waals surface area contributed by atoms with E-state index in [4.69, 9.17) is 10.5 Å². The fraction of sp³-hybridized carbons (Fsp3) is 1.00. The molecule has 0 aliphatic heterocycles. The molecule has 15 heavy (non-hydrogen) atoms. The molecule has 0 amide bonds. The molecule has 2 nitrogen and oxygen atoms in total. The molecule has 1 rings (SSSR count). The average molecular weight is 213 g/mol. The first kappa shape index (κ1) is 13.0. The van der Waals surface area contributed by atoms with Crippen LogP contribution >= 0.6 is 0 Å². The Hall–Kier alpha value is -0.0800. The minimum Gasteiger partial charge on any atom is -0.378 e. The van der Waals surface area contributed by atoms with Gasteiger partial charge in [-0.25, -0.2) is 0 Å². The molecule has 2 unspecified atom stereocenters. The van der Waals surface area contributed by atoms with Crippen molar-refractivity contribution in [2.24, 2.45) is 17.6 Å². The minimum absolute atomic E-state index is 0.463. The van der Waals surface area contributed by atoms with E-state index in [1.165, 1.54) is 25.7 Å². The molecule has 1 aliphatic carbocycles. The van der Waals surface area contributed by atoms with E-state index in [-0.39, 0.29) is 0 Å². The van der Waals surface area contributed by atoms with E-state index in [1.54, 1.807) is 0 Å². The van der Waals surface area contributed by atoms with E-state index in [0.29, 0.717) is 12.0 Å². The maximum atomic E-state index is 5.96. The number of ether oxygens (including phenoxy) is 1. The second-order valence-corrected chi connectivity index (χ2v) is 4.81. The van der Waals surface area contributed by atoms with Crippen molar-refractivity contribution in [1.29, 1.82) is 0 Å². The summed E-state index contributed by atoms with van der Waals surface area (Å²) in [7, 11) is 0. The molecule has 0 bridgehead atoms. The highest BCUT2D eigenvalue weighted by molar-refractivity contribution is 4.76. The zero-order valence-corrected chi connectivity index (χ0v) is 10.4. The van der Waals surface area contributed by atoms with Gasteiger partial charge in [0.2, 0.25) is 0 Å². The Labute approximate surface area is 94.6 Å². The average Bonchev–Trinajstić information content (AvgIpc) is 2.31. The molecular weight excluding hydrogens is 186 g/mol. The summed E-state index contributed by atoms with van der Waals surface area (Å²) in [6.45, 7) is 6.19. The van der Waals surface area contributed by atoms with Crippen LogP contribution in [0.5, 0.6) is 0 Å². The third-order valence-electron chi connectivity index (χ3n) is 3.83. The molecule has 0 aromatic carbocycles. The lowest BCUT2D eigenvalue weighted by atomic mass is 9.80. The number of hydrogen-bond donors (Lipinski definition) is 1. The molecule has 0 saturated heterocycles. The molecule has 1 fully saturated rings. The quantitative estimate of drug-likeness (QED) is 0.736. The summed E-state index contributed by atoms with van der Waals surface area (Å²) in [6.07, 6.45) is 8.10. The Morgan fingerprint density at radius 3 is 2.27 bits per heavy atom. The highest BCUT2D eigenvalue weighted by Gasteiger charge is 2.24. The van der Waals surface area contributed by atoms with Crippen LogP contribution in [0.3, 0.4) is 0 Å². The second-order valence-electron chi connectivity index (χ2n) is 4.81. The van der Waals surface area contributed by atoms with E-state index >= 15 is 0 Å². The van der Waals surface area contributed by atoms with Crippen molar-refractivity contribution in [1.82, 2.24) is 0 Å². The fourth-order valence-electron chi connectivity index (χ4n) is 2.60. The van der Waals surface area contributed by atoms with Crippen LogP contribution in [0.4, 0.5) is 0 Å². The normalized spacial score (nSPS) is 27.2. The lowest BCUT2D eigenvalue weighted by Gasteiger charge is -2.31. The number of rotatable bonds is 6. The van der Waals surface area contributed by atoms with Gasteiger partial charge in [0.05, 0.1) is 12.7 Å². The van der Waals surface area contributed by atoms with Crippen molar-refractivity contribution in [3.05, 3.63) is 0 Å². The van der Waals surface area contributed by atoms with Gasteiger partial charge in [0.15, 0.2) is 0 Å². The Morgan fingerprint density at radius 1 is 1.13 bits per heavy atom. The predicted molar refractivity (Wildman–Crippen MR) is 64.8 cm³/mol. The van der Waals surface area contributed by atoms with Gasteiger partial charge in [-0.05, 0) is 44.1 Å². The monoisotopic (exact) mass is 213 g/mol. The molecule has 90 valence electrons. The smallest absolute Gasteiger partial charge is 0.0570 e. The topological polar surface area (TPSA) is 35.2 Å². The van der Waals surface area contributed by atoms with Crippen LogP contribution in [0, 0.1) is 11.8 Å². The molecule has 2 atom stereocenters. The highest BCUT2D eigenvalue weighted by atomic mass is 16.5. The lowest BCUT2D eigenvalue weighted by molar-refractivity contribution is 0.00262. The SMILES string of the molecule is CCC(CC)OCC1CCCCC1CN. The van der Waals surface area contributed by atoms with Crippen LogP contribution in [0.15, 0.2) is 0 Å². The number of hydrogen-bond acceptors (Lipinski definition) is 2. The van der Waals surface area contributed by atoms with Crippen LogP contribution < -0.4 is 5.73 Å². The van der Waals surface area contributed by atoms with Gasteiger partial charge in [-0.3, -0.25) is 0 Å². The van der Waals surface area contributed by atoms with Crippen LogP contribution in [0.25, 0.3) is 0 Å². The van der Waals surface area contributed by atoms with Crippen molar-refractivity contribution >= 4 is 0 Å². The predicted octanol–water partition coefficient (Wildman–Crippen LogP) is 2.96. The molecular formula is C13H27NO. The summed E-state index contributed by atoms with van der Waals surface area (Å²) < 4.78 is 5.96. The van der Waals surface area contributed by atoms with Crippen molar-refractivity contribution in [2.75, 3.05) is 13.2 Å². The van der Waals surface area contributed by atoms with Crippen molar-refractivity contribution in [3.63, 3.8) is 0 Å². The van der Waals surface area contributed by atoms with Crippen LogP contribution in [-0.4, -0.2) is 19.3 Å². The molecule has 0 heterocycles. The van der Waals surface area contributed by atoms with E-state index < -0.39 is 0 Å². The largest absolute Gasteiger partial charge is 0.378 e. The second kappa shape index (κ2) is 7.24. The van der Waals surface area contributed by atoms with Gasteiger partial charge in [0.1, 0.15) is 0 Å². The van der Waals surface area contributed by atoms with Gasteiger partial charge in [0.25, 0.3) is 0 Å². The Kier molecular flexibility index (Phi) is 6.26. The van der Waals surface area contributed by atoms with E-state index in [9.17, 15) is 0 Å². The van der Waals surface area contributed by atoms with Gasteiger partial charge in [-0.2, -0.15) is 0 Å². The summed E-state index contributed by atoms with van der Waals surface area (Å²) in [4.78, 5) is 0. The number of nitrogens with two attached hydrogens (primary N) is 1. The van der Waals surface area contributed by atoms with E-state index in [1.807, 2.05) is 0 Å². The zero-order valence-electron chi connectivity index (χ0n) is 10.4. The van der Waals surface area contributed by atoms with E-state index in [2.05, 4.69) is 13.8 Å². The van der Waals surface area contributed by atoms with Gasteiger partial charge >= 0.3 is 0 Å². The fourth-order valence-corrected chi connectivity index (χ4v) is 2.60. The van der Waals surface area contributed by atoms with Crippen LogP contribution in [0.1, 0.15) is 52.4 Å². The molecule has 0 spiro atoms. The van der Waals surface area contributed by atoms with Crippen LogP contribution in [0.2, 0.25) is 0 Å². The molecule has 2 heteroatoms. The summed E-state index contributed by atoms with van der Waals surface area (Å²) in [5.74, 6) is 1.44. The molecule has 0 radical (unpaired) electrons. The van der Waals surface area contributed by atoms with Gasteiger partial charge in [-0.1, -0.05) is 26.7 Å². The third-order valence-corrected chi connectivity index (χ3v) is 3.83. The Morgan fingerprint density at radius 2 is 1.73 bits per heavy atom. The first-order valence-electron chi connectivity index (χ1n) is 6.63. The van der Waals surface area contributed by atoms with Gasteiger partial charge in [0, 0.05) is 0 Å². The molecule has 0 aromatic rings. The van der Waals surface area contributed by atoms with Gasteiger partial charge < -0.3 is 10.5 Å². The molecule has 1 saturated carbocycles. The maximum absolute atomic E-state index is 5.96. The van der Waals surface area contributed by atoms with E-state index in [0.717, 1.165) is 31.9 Å². The first-order valence-corrected chi connectivity index (χ1v) is 6.63. The minimum atomic E-state index is 0.463. The summed E-state index contributed by atoms with van der Waals surface area (Å²) in [5, 5.41) is 0. The van der Waals surface area contributed by atoms with Crippen LogP contribution in [-0.2, 0) is 4.74 Å².